The Balaban J connectivity index is 1.39. The number of benzene rings is 1. The molecule has 0 spiro atoms. The van der Waals surface area contributed by atoms with Crippen molar-refractivity contribution in [2.24, 2.45) is 35.5 Å². The van der Waals surface area contributed by atoms with Crippen LogP contribution in [0.25, 0.3) is 0 Å². The summed E-state index contributed by atoms with van der Waals surface area (Å²) in [5.41, 5.74) is 4.96. The molecule has 0 unspecified atom stereocenters. The van der Waals surface area contributed by atoms with Crippen LogP contribution in [0, 0.1) is 35.5 Å². The average Bonchev–Trinajstić information content (AvgIpc) is 2.64. The van der Waals surface area contributed by atoms with Crippen molar-refractivity contribution in [3.8, 4) is 5.75 Å². The van der Waals surface area contributed by atoms with E-state index < -0.39 is 0 Å². The summed E-state index contributed by atoms with van der Waals surface area (Å²) >= 11 is 0. The average molecular weight is 419 g/mol. The minimum Gasteiger partial charge on any atom is -0.507 e. The van der Waals surface area contributed by atoms with Gasteiger partial charge < -0.3 is 5.11 Å². The zero-order valence-electron chi connectivity index (χ0n) is 20.1. The molecular weight excluding hydrogens is 376 g/mol. The molecule has 1 aromatic rings. The zero-order chi connectivity index (χ0) is 21.2. The molecule has 0 atom stereocenters. The Morgan fingerprint density at radius 3 is 1.42 bits per heavy atom. The largest absolute Gasteiger partial charge is 0.507 e. The van der Waals surface area contributed by atoms with E-state index in [0.29, 0.717) is 11.2 Å². The van der Waals surface area contributed by atoms with Gasteiger partial charge in [0.1, 0.15) is 5.75 Å². The fourth-order valence-corrected chi connectivity index (χ4v) is 10.8. The van der Waals surface area contributed by atoms with E-state index >= 15 is 0 Å². The third-order valence-electron chi connectivity index (χ3n) is 11.2. The molecule has 1 heteroatoms. The maximum Gasteiger partial charge on any atom is 0.123 e. The van der Waals surface area contributed by atoms with E-state index in [1.54, 1.807) is 5.56 Å². The molecule has 31 heavy (non-hydrogen) atoms. The van der Waals surface area contributed by atoms with Gasteiger partial charge in [0.2, 0.25) is 0 Å². The Kier molecular flexibility index (Phi) is 3.85. The van der Waals surface area contributed by atoms with E-state index in [0.717, 1.165) is 35.5 Å². The fourth-order valence-electron chi connectivity index (χ4n) is 10.8. The molecule has 8 fully saturated rings. The van der Waals surface area contributed by atoms with Gasteiger partial charge in [-0.2, -0.15) is 0 Å². The summed E-state index contributed by atoms with van der Waals surface area (Å²) in [5, 5.41) is 11.8. The second-order valence-corrected chi connectivity index (χ2v) is 14.6. The smallest absolute Gasteiger partial charge is 0.123 e. The summed E-state index contributed by atoms with van der Waals surface area (Å²) < 4.78 is 0. The predicted octanol–water partition coefficient (Wildman–Crippen LogP) is 7.63. The number of hydrogen-bond donors (Lipinski definition) is 1. The van der Waals surface area contributed by atoms with Crippen molar-refractivity contribution in [2.75, 3.05) is 0 Å². The van der Waals surface area contributed by atoms with Crippen molar-refractivity contribution in [1.82, 2.24) is 0 Å². The fraction of sp³-hybridized carbons (Fsp3) is 0.800. The third-order valence-corrected chi connectivity index (χ3v) is 11.2. The molecule has 8 aliphatic rings. The Morgan fingerprint density at radius 1 is 0.645 bits per heavy atom. The van der Waals surface area contributed by atoms with Crippen LogP contribution in [0.15, 0.2) is 12.1 Å². The van der Waals surface area contributed by atoms with E-state index in [9.17, 15) is 5.11 Å². The monoisotopic (exact) mass is 418 g/mol. The van der Waals surface area contributed by atoms with Gasteiger partial charge in [0.15, 0.2) is 0 Å². The first-order chi connectivity index (χ1) is 14.7. The van der Waals surface area contributed by atoms with Crippen LogP contribution in [-0.2, 0) is 16.2 Å². The quantitative estimate of drug-likeness (QED) is 0.523. The molecule has 9 rings (SSSR count). The normalized spacial score (nSPS) is 47.3. The highest BCUT2D eigenvalue weighted by Gasteiger charge is 2.55. The minimum atomic E-state index is -0.000563. The highest BCUT2D eigenvalue weighted by molar-refractivity contribution is 5.53. The van der Waals surface area contributed by atoms with Gasteiger partial charge in [0, 0.05) is 5.56 Å². The maximum absolute atomic E-state index is 11.8. The highest BCUT2D eigenvalue weighted by atomic mass is 16.3. The van der Waals surface area contributed by atoms with E-state index in [1.165, 1.54) is 88.2 Å². The molecule has 0 saturated heterocycles. The molecule has 1 nitrogen and oxygen atoms in total. The Hall–Kier alpha value is -0.980. The molecule has 8 bridgehead atoms. The molecule has 0 heterocycles. The summed E-state index contributed by atoms with van der Waals surface area (Å²) in [7, 11) is 0. The van der Waals surface area contributed by atoms with Crippen molar-refractivity contribution >= 4 is 0 Å². The van der Waals surface area contributed by atoms with E-state index in [1.807, 2.05) is 0 Å². The SMILES string of the molecule is CC(C)(C)c1cc(C23CC4CC(CC(C4)C2)C3)cc(C23CC4CC(CC(C4)C2)C3)c1O. The lowest BCUT2D eigenvalue weighted by Gasteiger charge is -2.59. The van der Waals surface area contributed by atoms with Crippen LogP contribution in [-0.4, -0.2) is 5.11 Å². The van der Waals surface area contributed by atoms with Crippen molar-refractivity contribution < 1.29 is 5.11 Å². The van der Waals surface area contributed by atoms with Crippen LogP contribution >= 0.6 is 0 Å². The Bertz CT molecular complexity index is 845. The number of rotatable bonds is 2. The third kappa shape index (κ3) is 2.80. The summed E-state index contributed by atoms with van der Waals surface area (Å²) in [4.78, 5) is 0. The minimum absolute atomic E-state index is 0.000563. The van der Waals surface area contributed by atoms with Crippen molar-refractivity contribution in [1.29, 1.82) is 0 Å². The molecule has 0 aromatic heterocycles. The lowest BCUT2D eigenvalue weighted by Crippen LogP contribution is -2.50. The number of phenolic OH excluding ortho intramolecular Hbond substituents is 1. The number of phenols is 1. The molecule has 8 saturated carbocycles. The second kappa shape index (κ2) is 6.12. The van der Waals surface area contributed by atoms with Crippen LogP contribution in [0.5, 0.6) is 5.75 Å². The van der Waals surface area contributed by atoms with Gasteiger partial charge in [-0.3, -0.25) is 0 Å². The van der Waals surface area contributed by atoms with E-state index in [-0.39, 0.29) is 10.8 Å². The van der Waals surface area contributed by atoms with Crippen LogP contribution in [0.1, 0.15) is 115 Å². The van der Waals surface area contributed by atoms with Gasteiger partial charge in [-0.25, -0.2) is 0 Å². The summed E-state index contributed by atoms with van der Waals surface area (Å²) in [6.45, 7) is 6.94. The van der Waals surface area contributed by atoms with Gasteiger partial charge in [-0.15, -0.1) is 0 Å². The van der Waals surface area contributed by atoms with Crippen molar-refractivity contribution in [3.05, 3.63) is 28.8 Å². The second-order valence-electron chi connectivity index (χ2n) is 14.6. The van der Waals surface area contributed by atoms with Crippen molar-refractivity contribution in [3.63, 3.8) is 0 Å². The van der Waals surface area contributed by atoms with Gasteiger partial charge >= 0.3 is 0 Å². The lowest BCUT2D eigenvalue weighted by atomic mass is 9.46. The first-order valence-electron chi connectivity index (χ1n) is 13.6. The number of hydrogen-bond acceptors (Lipinski definition) is 1. The standard InChI is InChI=1S/C30H42O/c1-28(2,3)25-10-24(29-12-18-4-19(13-29)6-20(5-18)14-29)11-26(27(25)31)30-15-21-7-22(16-30)9-23(8-21)17-30/h10-11,18-23,31H,4-9,12-17H2,1-3H3. The molecule has 168 valence electrons. The lowest BCUT2D eigenvalue weighted by molar-refractivity contribution is -0.00913. The predicted molar refractivity (Wildman–Crippen MR) is 127 cm³/mol. The molecule has 0 aliphatic heterocycles. The van der Waals surface area contributed by atoms with Gasteiger partial charge in [-0.1, -0.05) is 32.9 Å². The first kappa shape index (κ1) is 19.5. The summed E-state index contributed by atoms with van der Waals surface area (Å²) in [6, 6.07) is 5.09. The van der Waals surface area contributed by atoms with Crippen molar-refractivity contribution in [2.45, 2.75) is 114 Å². The van der Waals surface area contributed by atoms with E-state index in [2.05, 4.69) is 32.9 Å². The number of aromatic hydroxyl groups is 1. The van der Waals surface area contributed by atoms with Crippen LogP contribution in [0.3, 0.4) is 0 Å². The maximum atomic E-state index is 11.8. The van der Waals surface area contributed by atoms with Crippen LogP contribution in [0.4, 0.5) is 0 Å². The zero-order valence-corrected chi connectivity index (χ0v) is 20.1. The Labute approximate surface area is 189 Å². The molecule has 0 radical (unpaired) electrons. The molecular formula is C30H42O. The summed E-state index contributed by atoms with van der Waals surface area (Å²) in [6.07, 6.45) is 17.3. The first-order valence-corrected chi connectivity index (χ1v) is 13.6. The van der Waals surface area contributed by atoms with Gasteiger partial charge in [0.25, 0.3) is 0 Å². The Morgan fingerprint density at radius 2 is 1.03 bits per heavy atom. The van der Waals surface area contributed by atoms with Crippen LogP contribution < -0.4 is 0 Å². The highest BCUT2D eigenvalue weighted by Crippen LogP contribution is 2.65. The topological polar surface area (TPSA) is 20.2 Å². The van der Waals surface area contributed by atoms with Gasteiger partial charge in [0.05, 0.1) is 0 Å². The molecule has 8 aliphatic carbocycles. The van der Waals surface area contributed by atoms with Gasteiger partial charge in [-0.05, 0) is 140 Å². The molecule has 0 amide bonds. The van der Waals surface area contributed by atoms with E-state index in [4.69, 9.17) is 0 Å². The molecule has 1 aromatic carbocycles. The molecule has 1 N–H and O–H groups in total. The summed E-state index contributed by atoms with van der Waals surface area (Å²) in [5.74, 6) is 6.37. The van der Waals surface area contributed by atoms with Crippen LogP contribution in [0.2, 0.25) is 0 Å².